The zero-order valence-electron chi connectivity index (χ0n) is 16.5. The summed E-state index contributed by atoms with van der Waals surface area (Å²) in [4.78, 5) is 12.6. The van der Waals surface area contributed by atoms with E-state index in [9.17, 15) is 18.4 Å². The van der Waals surface area contributed by atoms with Gasteiger partial charge < -0.3 is 0 Å². The van der Waals surface area contributed by atoms with Crippen molar-refractivity contribution < 1.29 is 18.4 Å². The summed E-state index contributed by atoms with van der Waals surface area (Å²) in [6, 6.07) is 13.1. The third kappa shape index (κ3) is 3.99. The van der Waals surface area contributed by atoms with Crippen LogP contribution in [0.15, 0.2) is 53.4 Å². The molecule has 0 radical (unpaired) electrons. The van der Waals surface area contributed by atoms with Gasteiger partial charge in [-0.15, -0.1) is 0 Å². The van der Waals surface area contributed by atoms with E-state index in [0.717, 1.165) is 43.2 Å². The number of nitrogens with one attached hydrogen (secondary N) is 1. The highest BCUT2D eigenvalue weighted by Gasteiger charge is 2.47. The molecular formula is C22H25ClN2O4S. The van der Waals surface area contributed by atoms with E-state index in [-0.39, 0.29) is 17.4 Å². The molecule has 1 saturated carbocycles. The molecule has 2 aromatic rings. The fourth-order valence-electron chi connectivity index (χ4n) is 4.91. The Labute approximate surface area is 181 Å². The number of carbonyl (C=O) groups excluding carboxylic acids is 1. The van der Waals surface area contributed by atoms with Crippen molar-refractivity contribution in [2.24, 2.45) is 11.8 Å². The molecule has 2 aromatic carbocycles. The molecule has 1 saturated heterocycles. The summed E-state index contributed by atoms with van der Waals surface area (Å²) >= 11 is 5.93. The number of hydroxylamine groups is 1. The fraction of sp³-hybridized carbons (Fsp3) is 0.409. The first-order valence-electron chi connectivity index (χ1n) is 10.2. The smallest absolute Gasteiger partial charge is 0.262 e. The Hall–Kier alpha value is -1.93. The van der Waals surface area contributed by atoms with Crippen molar-refractivity contribution >= 4 is 27.5 Å². The lowest BCUT2D eigenvalue weighted by atomic mass is 9.71. The predicted molar refractivity (Wildman–Crippen MR) is 115 cm³/mol. The third-order valence-corrected chi connectivity index (χ3v) is 8.57. The molecule has 1 aliphatic heterocycles. The van der Waals surface area contributed by atoms with Gasteiger partial charge in [-0.05, 0) is 60.1 Å². The van der Waals surface area contributed by atoms with E-state index in [0.29, 0.717) is 10.9 Å². The van der Waals surface area contributed by atoms with Gasteiger partial charge in [0.25, 0.3) is 5.91 Å². The van der Waals surface area contributed by atoms with Crippen LogP contribution < -0.4 is 5.48 Å². The molecule has 30 heavy (non-hydrogen) atoms. The van der Waals surface area contributed by atoms with Gasteiger partial charge in [-0.25, -0.2) is 13.9 Å². The number of amides is 1. The van der Waals surface area contributed by atoms with E-state index < -0.39 is 22.0 Å². The monoisotopic (exact) mass is 448 g/mol. The lowest BCUT2D eigenvalue weighted by Crippen LogP contribution is -2.58. The van der Waals surface area contributed by atoms with E-state index in [2.05, 4.69) is 0 Å². The van der Waals surface area contributed by atoms with Gasteiger partial charge in [0.15, 0.2) is 0 Å². The summed E-state index contributed by atoms with van der Waals surface area (Å²) in [5, 5.41) is 9.92. The maximum atomic E-state index is 13.4. The van der Waals surface area contributed by atoms with Crippen LogP contribution in [-0.2, 0) is 14.8 Å². The molecule has 1 heterocycles. The van der Waals surface area contributed by atoms with Gasteiger partial charge in [-0.3, -0.25) is 10.0 Å². The zero-order valence-corrected chi connectivity index (χ0v) is 18.1. The van der Waals surface area contributed by atoms with Crippen LogP contribution >= 0.6 is 11.6 Å². The number of hydrogen-bond donors (Lipinski definition) is 2. The second kappa shape index (κ2) is 8.67. The van der Waals surface area contributed by atoms with Crippen LogP contribution in [0.25, 0.3) is 11.1 Å². The standard InChI is InChI=1S/C22H25ClN2O4S/c23-18-9-5-15(6-10-18)16-7-11-19(12-8-16)30(28,29)25-14-13-17-3-1-2-4-20(17)21(25)22(26)24-27/h5-12,17,20-21,27H,1-4,13-14H2,(H,24,26)/t17-,20?,21?/m0/s1. The second-order valence-electron chi connectivity index (χ2n) is 8.06. The summed E-state index contributed by atoms with van der Waals surface area (Å²) in [5.41, 5.74) is 3.51. The number of rotatable bonds is 4. The molecular weight excluding hydrogens is 424 g/mol. The first kappa shape index (κ1) is 21.3. The fourth-order valence-corrected chi connectivity index (χ4v) is 6.69. The maximum absolute atomic E-state index is 13.4. The minimum atomic E-state index is -3.88. The molecule has 6 nitrogen and oxygen atoms in total. The van der Waals surface area contributed by atoms with Crippen molar-refractivity contribution in [1.29, 1.82) is 0 Å². The molecule has 2 aliphatic rings. The van der Waals surface area contributed by atoms with Crippen molar-refractivity contribution in [3.63, 3.8) is 0 Å². The van der Waals surface area contributed by atoms with E-state index >= 15 is 0 Å². The van der Waals surface area contributed by atoms with Gasteiger partial charge in [-0.2, -0.15) is 4.31 Å². The molecule has 2 unspecified atom stereocenters. The van der Waals surface area contributed by atoms with Crippen LogP contribution in [0.4, 0.5) is 0 Å². The summed E-state index contributed by atoms with van der Waals surface area (Å²) in [6.07, 6.45) is 4.61. The number of piperidine rings is 1. The quantitative estimate of drug-likeness (QED) is 0.545. The second-order valence-corrected chi connectivity index (χ2v) is 10.4. The van der Waals surface area contributed by atoms with Crippen molar-refractivity contribution in [3.8, 4) is 11.1 Å². The molecule has 2 fully saturated rings. The molecule has 8 heteroatoms. The lowest BCUT2D eigenvalue weighted by Gasteiger charge is -2.45. The normalized spacial score (nSPS) is 24.8. The van der Waals surface area contributed by atoms with Crippen LogP contribution in [0.2, 0.25) is 5.02 Å². The van der Waals surface area contributed by atoms with Gasteiger partial charge in [0.1, 0.15) is 6.04 Å². The first-order chi connectivity index (χ1) is 14.4. The summed E-state index contributed by atoms with van der Waals surface area (Å²) in [7, 11) is -3.88. The maximum Gasteiger partial charge on any atom is 0.262 e. The highest BCUT2D eigenvalue weighted by molar-refractivity contribution is 7.89. The average molecular weight is 449 g/mol. The van der Waals surface area contributed by atoms with Crippen molar-refractivity contribution in [1.82, 2.24) is 9.79 Å². The lowest BCUT2D eigenvalue weighted by molar-refractivity contribution is -0.138. The Balaban J connectivity index is 1.64. The highest BCUT2D eigenvalue weighted by Crippen LogP contribution is 2.42. The van der Waals surface area contributed by atoms with Crippen LogP contribution in [0.3, 0.4) is 0 Å². The minimum Gasteiger partial charge on any atom is -0.289 e. The average Bonchev–Trinajstić information content (AvgIpc) is 2.78. The Morgan fingerprint density at radius 1 is 0.967 bits per heavy atom. The van der Waals surface area contributed by atoms with Crippen LogP contribution in [0.5, 0.6) is 0 Å². The Kier molecular flexibility index (Phi) is 6.16. The van der Waals surface area contributed by atoms with Crippen LogP contribution in [0.1, 0.15) is 32.1 Å². The number of fused-ring (bicyclic) bond motifs is 1. The molecule has 0 bridgehead atoms. The van der Waals surface area contributed by atoms with E-state index in [1.807, 2.05) is 12.1 Å². The van der Waals surface area contributed by atoms with Crippen molar-refractivity contribution in [2.45, 2.75) is 43.0 Å². The summed E-state index contributed by atoms with van der Waals surface area (Å²) in [5.74, 6) is -0.393. The van der Waals surface area contributed by atoms with E-state index in [1.54, 1.807) is 41.9 Å². The zero-order chi connectivity index (χ0) is 21.3. The van der Waals surface area contributed by atoms with E-state index in [4.69, 9.17) is 11.6 Å². The number of benzene rings is 2. The van der Waals surface area contributed by atoms with Gasteiger partial charge >= 0.3 is 0 Å². The Morgan fingerprint density at radius 3 is 2.20 bits per heavy atom. The van der Waals surface area contributed by atoms with Gasteiger partial charge in [0, 0.05) is 11.6 Å². The predicted octanol–water partition coefficient (Wildman–Crippen LogP) is 4.08. The van der Waals surface area contributed by atoms with Crippen molar-refractivity contribution in [2.75, 3.05) is 6.54 Å². The largest absolute Gasteiger partial charge is 0.289 e. The molecule has 1 aliphatic carbocycles. The first-order valence-corrected chi connectivity index (χ1v) is 12.1. The molecule has 160 valence electrons. The molecule has 1 amide bonds. The molecule has 3 atom stereocenters. The van der Waals surface area contributed by atoms with Crippen LogP contribution in [0, 0.1) is 11.8 Å². The number of hydrogen-bond acceptors (Lipinski definition) is 4. The van der Waals surface area contributed by atoms with Gasteiger partial charge in [0.2, 0.25) is 10.0 Å². The van der Waals surface area contributed by atoms with Gasteiger partial charge in [-0.1, -0.05) is 55.1 Å². The SMILES string of the molecule is O=C(NO)C1C2CCCC[C@H]2CCN1S(=O)(=O)c1ccc(-c2ccc(Cl)cc2)cc1. The molecule has 0 aromatic heterocycles. The topological polar surface area (TPSA) is 86.7 Å². The minimum absolute atomic E-state index is 0.0669. The Bertz CT molecular complexity index is 1010. The highest BCUT2D eigenvalue weighted by atomic mass is 35.5. The summed E-state index contributed by atoms with van der Waals surface area (Å²) in [6.45, 7) is 0.278. The van der Waals surface area contributed by atoms with E-state index in [1.165, 1.54) is 4.31 Å². The molecule has 0 spiro atoms. The van der Waals surface area contributed by atoms with Gasteiger partial charge in [0.05, 0.1) is 4.90 Å². The molecule has 4 rings (SSSR count). The number of sulfonamides is 1. The molecule has 2 N–H and O–H groups in total. The Morgan fingerprint density at radius 2 is 1.57 bits per heavy atom. The third-order valence-electron chi connectivity index (χ3n) is 6.42. The number of halogens is 1. The summed E-state index contributed by atoms with van der Waals surface area (Å²) < 4.78 is 28.1. The van der Waals surface area contributed by atoms with Crippen molar-refractivity contribution in [3.05, 3.63) is 53.6 Å². The number of nitrogens with zero attached hydrogens (tertiary/aromatic N) is 1. The van der Waals surface area contributed by atoms with Crippen LogP contribution in [-0.4, -0.2) is 36.4 Å². The number of carbonyl (C=O) groups is 1.